The van der Waals surface area contributed by atoms with Crippen LogP contribution in [0.15, 0.2) is 11.6 Å². The van der Waals surface area contributed by atoms with E-state index in [9.17, 15) is 4.79 Å². The topological polar surface area (TPSA) is 17.1 Å². The van der Waals surface area contributed by atoms with Crippen LogP contribution in [-0.2, 0) is 4.79 Å². The lowest BCUT2D eigenvalue weighted by Crippen LogP contribution is -2.18. The zero-order valence-corrected chi connectivity index (χ0v) is 10.5. The fourth-order valence-electron chi connectivity index (χ4n) is 3.31. The van der Waals surface area contributed by atoms with Gasteiger partial charge in [-0.2, -0.15) is 0 Å². The lowest BCUT2D eigenvalue weighted by atomic mass is 9.80. The Morgan fingerprint density at radius 1 is 1.25 bits per heavy atom. The average Bonchev–Trinajstić information content (AvgIpc) is 2.52. The van der Waals surface area contributed by atoms with E-state index in [0.717, 1.165) is 6.42 Å². The van der Waals surface area contributed by atoms with Gasteiger partial charge >= 0.3 is 0 Å². The minimum absolute atomic E-state index is 0.355. The van der Waals surface area contributed by atoms with E-state index >= 15 is 0 Å². The summed E-state index contributed by atoms with van der Waals surface area (Å²) in [5.74, 6) is 1.42. The van der Waals surface area contributed by atoms with Gasteiger partial charge in [0.2, 0.25) is 0 Å². The maximum Gasteiger partial charge on any atom is 0.159 e. The lowest BCUT2D eigenvalue weighted by Gasteiger charge is -2.24. The van der Waals surface area contributed by atoms with Crippen LogP contribution in [0.2, 0.25) is 0 Å². The fraction of sp³-hybridized carbons (Fsp3) is 0.800. The predicted molar refractivity (Wildman–Crippen MR) is 67.3 cm³/mol. The molecule has 0 aromatic carbocycles. The first-order valence-corrected chi connectivity index (χ1v) is 7.07. The molecule has 0 spiro atoms. The molecule has 2 aliphatic rings. The van der Waals surface area contributed by atoms with Crippen LogP contribution in [0.4, 0.5) is 0 Å². The first-order valence-electron chi connectivity index (χ1n) is 7.07. The molecule has 0 aliphatic heterocycles. The second kappa shape index (κ2) is 5.65. The third-order valence-electron chi connectivity index (χ3n) is 4.25. The van der Waals surface area contributed by atoms with Crippen molar-refractivity contribution in [2.24, 2.45) is 11.8 Å². The average molecular weight is 220 g/mol. The second-order valence-corrected chi connectivity index (χ2v) is 5.43. The third kappa shape index (κ3) is 2.56. The Morgan fingerprint density at radius 3 is 2.88 bits per heavy atom. The van der Waals surface area contributed by atoms with Crippen LogP contribution >= 0.6 is 0 Å². The van der Waals surface area contributed by atoms with E-state index in [-0.39, 0.29) is 0 Å². The highest BCUT2D eigenvalue weighted by atomic mass is 16.1. The summed E-state index contributed by atoms with van der Waals surface area (Å²) in [6.07, 6.45) is 13.4. The van der Waals surface area contributed by atoms with Gasteiger partial charge in [0.15, 0.2) is 5.78 Å². The molecule has 0 N–H and O–H groups in total. The van der Waals surface area contributed by atoms with Crippen LogP contribution in [-0.4, -0.2) is 5.78 Å². The van der Waals surface area contributed by atoms with E-state index in [0.29, 0.717) is 17.6 Å². The minimum Gasteiger partial charge on any atom is -0.295 e. The largest absolute Gasteiger partial charge is 0.295 e. The van der Waals surface area contributed by atoms with Gasteiger partial charge < -0.3 is 0 Å². The monoisotopic (exact) mass is 220 g/mol. The Labute approximate surface area is 99.3 Å². The summed E-state index contributed by atoms with van der Waals surface area (Å²) in [5.41, 5.74) is 1.49. The molecule has 1 fully saturated rings. The van der Waals surface area contributed by atoms with Gasteiger partial charge in [-0.1, -0.05) is 44.6 Å². The van der Waals surface area contributed by atoms with Crippen molar-refractivity contribution in [2.45, 2.75) is 64.7 Å². The van der Waals surface area contributed by atoms with Crippen molar-refractivity contribution in [3.8, 4) is 0 Å². The molecule has 2 atom stereocenters. The normalized spacial score (nSPS) is 30.6. The Kier molecular flexibility index (Phi) is 4.20. The van der Waals surface area contributed by atoms with Crippen LogP contribution in [0.3, 0.4) is 0 Å². The van der Waals surface area contributed by atoms with E-state index in [1.165, 1.54) is 56.9 Å². The molecule has 1 saturated carbocycles. The van der Waals surface area contributed by atoms with Crippen molar-refractivity contribution in [1.82, 2.24) is 0 Å². The maximum atomic E-state index is 12.0. The molecule has 0 aromatic rings. The standard InChI is InChI=1S/C15H24O/c1-2-3-9-14-13-10-7-5-4-6-8-12(13)11-15(14)16/h11,13-14H,2-10H2,1H3. The number of unbranched alkanes of at least 4 members (excludes halogenated alkanes) is 1. The molecule has 0 amide bonds. The van der Waals surface area contributed by atoms with Gasteiger partial charge in [0, 0.05) is 5.92 Å². The zero-order chi connectivity index (χ0) is 11.4. The molecule has 0 aromatic heterocycles. The van der Waals surface area contributed by atoms with Crippen LogP contribution < -0.4 is 0 Å². The number of rotatable bonds is 3. The van der Waals surface area contributed by atoms with E-state index in [4.69, 9.17) is 0 Å². The van der Waals surface area contributed by atoms with Gasteiger partial charge in [0.25, 0.3) is 0 Å². The van der Waals surface area contributed by atoms with Gasteiger partial charge in [-0.25, -0.2) is 0 Å². The molecular formula is C15H24O. The lowest BCUT2D eigenvalue weighted by molar-refractivity contribution is -0.118. The quantitative estimate of drug-likeness (QED) is 0.694. The smallest absolute Gasteiger partial charge is 0.159 e. The van der Waals surface area contributed by atoms with Gasteiger partial charge in [-0.3, -0.25) is 4.79 Å². The van der Waals surface area contributed by atoms with Crippen molar-refractivity contribution in [3.63, 3.8) is 0 Å². The van der Waals surface area contributed by atoms with Crippen molar-refractivity contribution in [2.75, 3.05) is 0 Å². The van der Waals surface area contributed by atoms with Gasteiger partial charge in [-0.05, 0) is 37.7 Å². The summed E-state index contributed by atoms with van der Waals surface area (Å²) in [5, 5.41) is 0. The molecule has 2 unspecified atom stereocenters. The Morgan fingerprint density at radius 2 is 2.06 bits per heavy atom. The van der Waals surface area contributed by atoms with Gasteiger partial charge in [0.05, 0.1) is 0 Å². The van der Waals surface area contributed by atoms with Crippen LogP contribution in [0.25, 0.3) is 0 Å². The number of ketones is 1. The SMILES string of the molecule is CCCCC1C(=O)C=C2CCCCCCC21. The molecular weight excluding hydrogens is 196 g/mol. The molecule has 0 bridgehead atoms. The minimum atomic E-state index is 0.355. The Balaban J connectivity index is 2.02. The third-order valence-corrected chi connectivity index (χ3v) is 4.25. The van der Waals surface area contributed by atoms with Crippen molar-refractivity contribution in [1.29, 1.82) is 0 Å². The van der Waals surface area contributed by atoms with E-state index < -0.39 is 0 Å². The highest BCUT2D eigenvalue weighted by molar-refractivity contribution is 5.95. The number of carbonyl (C=O) groups excluding carboxylic acids is 1. The molecule has 1 heteroatoms. The van der Waals surface area contributed by atoms with Crippen LogP contribution in [0, 0.1) is 11.8 Å². The highest BCUT2D eigenvalue weighted by Gasteiger charge is 2.34. The van der Waals surface area contributed by atoms with E-state index in [2.05, 4.69) is 6.92 Å². The summed E-state index contributed by atoms with van der Waals surface area (Å²) in [6.45, 7) is 2.21. The summed E-state index contributed by atoms with van der Waals surface area (Å²) in [7, 11) is 0. The van der Waals surface area contributed by atoms with Gasteiger partial charge in [-0.15, -0.1) is 0 Å². The van der Waals surface area contributed by atoms with E-state index in [1.54, 1.807) is 0 Å². The molecule has 16 heavy (non-hydrogen) atoms. The van der Waals surface area contributed by atoms with E-state index in [1.807, 2.05) is 6.08 Å². The number of fused-ring (bicyclic) bond motifs is 1. The van der Waals surface area contributed by atoms with Crippen molar-refractivity contribution in [3.05, 3.63) is 11.6 Å². The highest BCUT2D eigenvalue weighted by Crippen LogP contribution is 2.40. The molecule has 2 rings (SSSR count). The Hall–Kier alpha value is -0.590. The number of hydrogen-bond acceptors (Lipinski definition) is 1. The first-order chi connectivity index (χ1) is 7.83. The summed E-state index contributed by atoms with van der Waals surface area (Å²) in [4.78, 5) is 12.0. The van der Waals surface area contributed by atoms with Gasteiger partial charge in [0.1, 0.15) is 0 Å². The molecule has 0 radical (unpaired) electrons. The van der Waals surface area contributed by atoms with Crippen LogP contribution in [0.5, 0.6) is 0 Å². The van der Waals surface area contributed by atoms with Crippen molar-refractivity contribution >= 4 is 5.78 Å². The number of allylic oxidation sites excluding steroid dienone is 2. The molecule has 2 aliphatic carbocycles. The number of carbonyl (C=O) groups is 1. The first kappa shape index (κ1) is 11.9. The Bertz CT molecular complexity index is 277. The molecule has 90 valence electrons. The maximum absolute atomic E-state index is 12.0. The molecule has 0 heterocycles. The second-order valence-electron chi connectivity index (χ2n) is 5.43. The molecule has 1 nitrogen and oxygen atoms in total. The predicted octanol–water partition coefficient (Wildman–Crippen LogP) is 4.27. The summed E-state index contributed by atoms with van der Waals surface area (Å²) >= 11 is 0. The number of hydrogen-bond donors (Lipinski definition) is 0. The van der Waals surface area contributed by atoms with Crippen LogP contribution in [0.1, 0.15) is 64.7 Å². The fourth-order valence-corrected chi connectivity index (χ4v) is 3.31. The zero-order valence-electron chi connectivity index (χ0n) is 10.5. The summed E-state index contributed by atoms with van der Waals surface area (Å²) in [6, 6.07) is 0. The summed E-state index contributed by atoms with van der Waals surface area (Å²) < 4.78 is 0. The van der Waals surface area contributed by atoms with Crippen molar-refractivity contribution < 1.29 is 4.79 Å². The molecule has 0 saturated heterocycles.